The van der Waals surface area contributed by atoms with Crippen LogP contribution in [-0.4, -0.2) is 33.6 Å². The molecule has 7 aliphatic rings. The number of allylic oxidation sites excluding steroid dienone is 1. The standard InChI is InChI=1S/C36H58O3/c1-25-21-34(19-14-26(22-34)15-20-35(38)17-8-13-29(37)23-35)32-33(2,39-32)18-16-31-30(25)24-36(31,28-11-6-7-12-28)27-9-4-3-5-10-27/h26-32,37-38H,1,3-24H2,2H3. The molecule has 1 saturated heterocycles. The van der Waals surface area contributed by atoms with Crippen LogP contribution in [0.1, 0.15) is 148 Å². The Labute approximate surface area is 238 Å². The maximum atomic E-state index is 11.2. The summed E-state index contributed by atoms with van der Waals surface area (Å²) in [6.45, 7) is 7.37. The summed E-state index contributed by atoms with van der Waals surface area (Å²) < 4.78 is 6.77. The third-order valence-corrected chi connectivity index (χ3v) is 14.3. The summed E-state index contributed by atoms with van der Waals surface area (Å²) in [5.41, 5.74) is 1.93. The van der Waals surface area contributed by atoms with E-state index in [0.717, 1.165) is 55.8 Å². The van der Waals surface area contributed by atoms with Gasteiger partial charge >= 0.3 is 0 Å². The van der Waals surface area contributed by atoms with Gasteiger partial charge in [-0.25, -0.2) is 0 Å². The highest BCUT2D eigenvalue weighted by atomic mass is 16.6. The topological polar surface area (TPSA) is 53.0 Å². The van der Waals surface area contributed by atoms with Crippen molar-refractivity contribution >= 4 is 0 Å². The molecule has 0 bridgehead atoms. The van der Waals surface area contributed by atoms with E-state index < -0.39 is 5.60 Å². The summed E-state index contributed by atoms with van der Waals surface area (Å²) in [6.07, 6.45) is 27.8. The molecule has 3 nitrogen and oxygen atoms in total. The minimum absolute atomic E-state index is 0.0827. The molecule has 7 fully saturated rings. The first kappa shape index (κ1) is 27.5. The van der Waals surface area contributed by atoms with Gasteiger partial charge in [0.25, 0.3) is 0 Å². The van der Waals surface area contributed by atoms with Crippen molar-refractivity contribution in [3.05, 3.63) is 12.2 Å². The molecule has 0 aromatic rings. The lowest BCUT2D eigenvalue weighted by Crippen LogP contribution is -2.57. The molecule has 9 atom stereocenters. The minimum atomic E-state index is -0.637. The number of epoxide rings is 1. The Kier molecular flexibility index (Phi) is 7.12. The molecule has 0 aromatic heterocycles. The molecular formula is C36H58O3. The van der Waals surface area contributed by atoms with Crippen molar-refractivity contribution in [2.75, 3.05) is 0 Å². The lowest BCUT2D eigenvalue weighted by molar-refractivity contribution is -0.138. The third-order valence-electron chi connectivity index (χ3n) is 14.3. The molecule has 220 valence electrons. The number of fused-ring (bicyclic) bond motifs is 3. The molecule has 39 heavy (non-hydrogen) atoms. The molecule has 0 amide bonds. The Morgan fingerprint density at radius 1 is 0.821 bits per heavy atom. The summed E-state index contributed by atoms with van der Waals surface area (Å²) in [7, 11) is 0. The summed E-state index contributed by atoms with van der Waals surface area (Å²) in [6, 6.07) is 0. The SMILES string of the molecule is C=C1CC2(CCC(CCC3(O)CCCC(O)C3)C2)C2OC2(C)CCC2C1CC2(C1CCCCC1)C1CCCC1. The maximum absolute atomic E-state index is 11.2. The fraction of sp³-hybridized carbons (Fsp3) is 0.944. The highest BCUT2D eigenvalue weighted by molar-refractivity contribution is 5.25. The van der Waals surface area contributed by atoms with Crippen molar-refractivity contribution in [3.63, 3.8) is 0 Å². The van der Waals surface area contributed by atoms with Gasteiger partial charge in [-0.1, -0.05) is 44.3 Å². The second-order valence-electron chi connectivity index (χ2n) is 16.5. The number of aliphatic hydroxyl groups is 2. The van der Waals surface area contributed by atoms with Crippen LogP contribution in [0.4, 0.5) is 0 Å². The van der Waals surface area contributed by atoms with Crippen LogP contribution < -0.4 is 0 Å². The van der Waals surface area contributed by atoms with Crippen molar-refractivity contribution in [2.24, 2.45) is 40.4 Å². The van der Waals surface area contributed by atoms with Gasteiger partial charge in [-0.2, -0.15) is 0 Å². The predicted octanol–water partition coefficient (Wildman–Crippen LogP) is 8.51. The fourth-order valence-electron chi connectivity index (χ4n) is 12.4. The Hall–Kier alpha value is -0.380. The van der Waals surface area contributed by atoms with Gasteiger partial charge in [0.1, 0.15) is 0 Å². The van der Waals surface area contributed by atoms with Gasteiger partial charge in [-0.05, 0) is 145 Å². The van der Waals surface area contributed by atoms with E-state index in [1.165, 1.54) is 103 Å². The van der Waals surface area contributed by atoms with Crippen molar-refractivity contribution in [1.82, 2.24) is 0 Å². The smallest absolute Gasteiger partial charge is 0.0930 e. The van der Waals surface area contributed by atoms with Gasteiger partial charge in [0, 0.05) is 11.8 Å². The summed E-state index contributed by atoms with van der Waals surface area (Å²) >= 11 is 0. The average Bonchev–Trinajstić information content (AvgIpc) is 3.24. The van der Waals surface area contributed by atoms with E-state index in [2.05, 4.69) is 6.92 Å². The molecule has 7 rings (SSSR count). The third kappa shape index (κ3) is 4.71. The van der Waals surface area contributed by atoms with Gasteiger partial charge in [0.15, 0.2) is 0 Å². The minimum Gasteiger partial charge on any atom is -0.393 e. The van der Waals surface area contributed by atoms with E-state index in [0.29, 0.717) is 23.9 Å². The molecule has 1 aliphatic heterocycles. The zero-order valence-corrected chi connectivity index (χ0v) is 25.1. The molecule has 1 spiro atoms. The average molecular weight is 539 g/mol. The molecule has 6 saturated carbocycles. The van der Waals surface area contributed by atoms with E-state index in [9.17, 15) is 10.2 Å². The predicted molar refractivity (Wildman–Crippen MR) is 157 cm³/mol. The molecule has 3 heteroatoms. The van der Waals surface area contributed by atoms with E-state index in [1.54, 1.807) is 5.57 Å². The van der Waals surface area contributed by atoms with Crippen molar-refractivity contribution in [3.8, 4) is 0 Å². The van der Waals surface area contributed by atoms with Crippen LogP contribution in [0.2, 0.25) is 0 Å². The van der Waals surface area contributed by atoms with Gasteiger partial charge in [-0.3, -0.25) is 0 Å². The molecule has 9 unspecified atom stereocenters. The molecule has 0 aromatic carbocycles. The van der Waals surface area contributed by atoms with Crippen LogP contribution in [0.15, 0.2) is 12.2 Å². The fourth-order valence-corrected chi connectivity index (χ4v) is 12.4. The summed E-state index contributed by atoms with van der Waals surface area (Å²) in [5.74, 6) is 4.26. The second kappa shape index (κ2) is 10.1. The van der Waals surface area contributed by atoms with Crippen LogP contribution in [0, 0.1) is 40.4 Å². The van der Waals surface area contributed by atoms with Crippen LogP contribution in [0.5, 0.6) is 0 Å². The van der Waals surface area contributed by atoms with E-state index >= 15 is 0 Å². The lowest BCUT2D eigenvalue weighted by Gasteiger charge is -2.64. The largest absolute Gasteiger partial charge is 0.393 e. The van der Waals surface area contributed by atoms with Crippen molar-refractivity contribution in [2.45, 2.75) is 172 Å². The maximum Gasteiger partial charge on any atom is 0.0930 e. The number of aliphatic hydroxyl groups excluding tert-OH is 1. The monoisotopic (exact) mass is 538 g/mol. The number of ether oxygens (including phenoxy) is 1. The first-order chi connectivity index (χ1) is 18.8. The Morgan fingerprint density at radius 2 is 1.54 bits per heavy atom. The molecule has 2 N–H and O–H groups in total. The van der Waals surface area contributed by atoms with Crippen molar-refractivity contribution < 1.29 is 14.9 Å². The number of hydrogen-bond donors (Lipinski definition) is 2. The number of rotatable bonds is 5. The second-order valence-corrected chi connectivity index (χ2v) is 16.5. The molecular weight excluding hydrogens is 480 g/mol. The van der Waals surface area contributed by atoms with Crippen LogP contribution >= 0.6 is 0 Å². The Balaban J connectivity index is 1.08. The van der Waals surface area contributed by atoms with Gasteiger partial charge in [-0.15, -0.1) is 0 Å². The van der Waals surface area contributed by atoms with Gasteiger partial charge < -0.3 is 14.9 Å². The zero-order valence-electron chi connectivity index (χ0n) is 25.1. The Bertz CT molecular complexity index is 918. The van der Waals surface area contributed by atoms with Gasteiger partial charge in [0.2, 0.25) is 0 Å². The van der Waals surface area contributed by atoms with Crippen molar-refractivity contribution in [1.29, 1.82) is 0 Å². The quantitative estimate of drug-likeness (QED) is 0.272. The highest BCUT2D eigenvalue weighted by Crippen LogP contribution is 2.72. The first-order valence-electron chi connectivity index (χ1n) is 17.5. The van der Waals surface area contributed by atoms with E-state index in [4.69, 9.17) is 11.3 Å². The van der Waals surface area contributed by atoms with Gasteiger partial charge in [0.05, 0.1) is 23.4 Å². The van der Waals surface area contributed by atoms with E-state index in [1.807, 2.05) is 0 Å². The Morgan fingerprint density at radius 3 is 2.26 bits per heavy atom. The van der Waals surface area contributed by atoms with E-state index in [-0.39, 0.29) is 17.1 Å². The highest BCUT2D eigenvalue weighted by Gasteiger charge is 2.68. The van der Waals surface area contributed by atoms with Crippen LogP contribution in [0.25, 0.3) is 0 Å². The zero-order chi connectivity index (χ0) is 26.9. The normalized spacial score (nSPS) is 51.1. The van der Waals surface area contributed by atoms with Crippen LogP contribution in [-0.2, 0) is 4.74 Å². The van der Waals surface area contributed by atoms with Crippen LogP contribution in [0.3, 0.4) is 0 Å². The molecule has 0 radical (unpaired) electrons. The first-order valence-corrected chi connectivity index (χ1v) is 17.5. The summed E-state index contributed by atoms with van der Waals surface area (Å²) in [4.78, 5) is 0. The molecule has 1 heterocycles. The lowest BCUT2D eigenvalue weighted by atomic mass is 9.40. The molecule has 6 aliphatic carbocycles. The summed E-state index contributed by atoms with van der Waals surface area (Å²) in [5, 5.41) is 21.4. The number of hydrogen-bond acceptors (Lipinski definition) is 3.